The molecule has 0 aliphatic rings. The molecule has 3 rings (SSSR count). The monoisotopic (exact) mass is 401 g/mol. The van der Waals surface area contributed by atoms with E-state index in [1.165, 1.54) is 23.2 Å². The molecule has 0 aliphatic heterocycles. The molecule has 2 N–H and O–H groups in total. The van der Waals surface area contributed by atoms with Gasteiger partial charge < -0.3 is 4.98 Å². The molecule has 0 spiro atoms. The van der Waals surface area contributed by atoms with Crippen molar-refractivity contribution in [2.24, 2.45) is 5.10 Å². The van der Waals surface area contributed by atoms with Crippen molar-refractivity contribution in [1.29, 1.82) is 0 Å². The van der Waals surface area contributed by atoms with Crippen molar-refractivity contribution in [2.45, 2.75) is 19.3 Å². The van der Waals surface area contributed by atoms with Crippen LogP contribution in [0, 0.1) is 5.82 Å². The summed E-state index contributed by atoms with van der Waals surface area (Å²) in [7, 11) is 0. The lowest BCUT2D eigenvalue weighted by atomic mass is 10.1. The molecule has 0 aliphatic carbocycles. The molecule has 1 aromatic heterocycles. The van der Waals surface area contributed by atoms with Gasteiger partial charge in [-0.05, 0) is 58.1 Å². The molecule has 4 nitrogen and oxygen atoms in total. The molecular weight excluding hydrogens is 385 g/mol. The molecule has 2 aromatic carbocycles. The summed E-state index contributed by atoms with van der Waals surface area (Å²) in [6.45, 7) is 0. The molecule has 0 saturated carbocycles. The van der Waals surface area contributed by atoms with Crippen molar-refractivity contribution >= 4 is 39.0 Å². The van der Waals surface area contributed by atoms with Crippen LogP contribution in [-0.4, -0.2) is 17.1 Å². The first-order valence-electron chi connectivity index (χ1n) is 7.95. The smallest absolute Gasteiger partial charge is 0.240 e. The Labute approximate surface area is 153 Å². The number of aromatic amines is 1. The number of rotatable bonds is 6. The molecule has 3 aromatic rings. The maximum atomic E-state index is 13.1. The number of para-hydroxylation sites is 1. The Morgan fingerprint density at radius 3 is 2.96 bits per heavy atom. The Morgan fingerprint density at radius 2 is 2.12 bits per heavy atom. The second-order valence-corrected chi connectivity index (χ2v) is 6.53. The Bertz CT molecular complexity index is 920. The average molecular weight is 402 g/mol. The molecule has 128 valence electrons. The van der Waals surface area contributed by atoms with Gasteiger partial charge in [0.05, 0.1) is 10.7 Å². The van der Waals surface area contributed by atoms with Crippen LogP contribution < -0.4 is 5.43 Å². The van der Waals surface area contributed by atoms with Crippen molar-refractivity contribution < 1.29 is 9.18 Å². The maximum absolute atomic E-state index is 13.1. The van der Waals surface area contributed by atoms with Gasteiger partial charge in [0.25, 0.3) is 0 Å². The third-order valence-corrected chi connectivity index (χ3v) is 4.48. The summed E-state index contributed by atoms with van der Waals surface area (Å²) in [5.74, 6) is -0.476. The topological polar surface area (TPSA) is 57.2 Å². The molecule has 0 unspecified atom stereocenters. The van der Waals surface area contributed by atoms with Gasteiger partial charge in [0.2, 0.25) is 5.91 Å². The van der Waals surface area contributed by atoms with Crippen LogP contribution in [0.2, 0.25) is 0 Å². The predicted octanol–water partition coefficient (Wildman–Crippen LogP) is 4.54. The van der Waals surface area contributed by atoms with E-state index in [1.54, 1.807) is 12.1 Å². The fourth-order valence-corrected chi connectivity index (χ4v) is 3.00. The van der Waals surface area contributed by atoms with Gasteiger partial charge in [-0.3, -0.25) is 4.79 Å². The number of amides is 1. The Kier molecular flexibility index (Phi) is 5.60. The number of halogens is 2. The van der Waals surface area contributed by atoms with Crippen LogP contribution in [0.5, 0.6) is 0 Å². The average Bonchev–Trinajstić information content (AvgIpc) is 3.01. The molecule has 0 atom stereocenters. The molecular formula is C19H17BrFN3O. The Hall–Kier alpha value is -2.47. The van der Waals surface area contributed by atoms with Crippen LogP contribution in [0.4, 0.5) is 4.39 Å². The fraction of sp³-hybridized carbons (Fsp3) is 0.158. The number of hydrogen-bond acceptors (Lipinski definition) is 2. The van der Waals surface area contributed by atoms with E-state index in [2.05, 4.69) is 37.5 Å². The number of fused-ring (bicyclic) bond motifs is 1. The van der Waals surface area contributed by atoms with Crippen molar-refractivity contribution in [3.05, 3.63) is 70.1 Å². The normalized spacial score (nSPS) is 11.3. The summed E-state index contributed by atoms with van der Waals surface area (Å²) in [4.78, 5) is 15.1. The number of aromatic nitrogens is 1. The summed E-state index contributed by atoms with van der Waals surface area (Å²) in [5.41, 5.74) is 5.52. The van der Waals surface area contributed by atoms with E-state index in [9.17, 15) is 9.18 Å². The highest BCUT2D eigenvalue weighted by molar-refractivity contribution is 9.10. The number of nitrogens with zero attached hydrogens (tertiary/aromatic N) is 1. The number of carbonyl (C=O) groups is 1. The van der Waals surface area contributed by atoms with Crippen LogP contribution in [0.1, 0.15) is 24.0 Å². The zero-order valence-corrected chi connectivity index (χ0v) is 15.0. The molecule has 6 heteroatoms. The SMILES string of the molecule is O=C(CCCc1c[nH]c2ccccc12)N/N=C\c1ccc(F)c(Br)c1. The van der Waals surface area contributed by atoms with E-state index >= 15 is 0 Å². The summed E-state index contributed by atoms with van der Waals surface area (Å²) in [5, 5.41) is 5.10. The van der Waals surface area contributed by atoms with E-state index in [-0.39, 0.29) is 11.7 Å². The van der Waals surface area contributed by atoms with E-state index in [1.807, 2.05) is 24.4 Å². The first-order valence-corrected chi connectivity index (χ1v) is 8.75. The summed E-state index contributed by atoms with van der Waals surface area (Å²) < 4.78 is 13.5. The third-order valence-electron chi connectivity index (χ3n) is 3.87. The van der Waals surface area contributed by atoms with Gasteiger partial charge in [0.15, 0.2) is 0 Å². The Balaban J connectivity index is 1.46. The number of aryl methyl sites for hydroxylation is 1. The van der Waals surface area contributed by atoms with Crippen molar-refractivity contribution in [2.75, 3.05) is 0 Å². The number of carbonyl (C=O) groups excluding carboxylic acids is 1. The lowest BCUT2D eigenvalue weighted by Gasteiger charge is -2.01. The lowest BCUT2D eigenvalue weighted by Crippen LogP contribution is -2.17. The largest absolute Gasteiger partial charge is 0.361 e. The minimum atomic E-state index is -0.335. The van der Waals surface area contributed by atoms with Gasteiger partial charge >= 0.3 is 0 Å². The predicted molar refractivity (Wildman–Crippen MR) is 101 cm³/mol. The lowest BCUT2D eigenvalue weighted by molar-refractivity contribution is -0.121. The molecule has 0 saturated heterocycles. The molecule has 0 radical (unpaired) electrons. The van der Waals surface area contributed by atoms with Crippen LogP contribution in [0.25, 0.3) is 10.9 Å². The molecule has 1 amide bonds. The Morgan fingerprint density at radius 1 is 1.28 bits per heavy atom. The first-order chi connectivity index (χ1) is 12.1. The van der Waals surface area contributed by atoms with E-state index in [0.29, 0.717) is 16.5 Å². The van der Waals surface area contributed by atoms with Gasteiger partial charge in [-0.15, -0.1) is 0 Å². The number of H-pyrrole nitrogens is 1. The van der Waals surface area contributed by atoms with Gasteiger partial charge in [-0.1, -0.05) is 24.3 Å². The minimum absolute atomic E-state index is 0.141. The number of benzene rings is 2. The number of nitrogens with one attached hydrogen (secondary N) is 2. The highest BCUT2D eigenvalue weighted by atomic mass is 79.9. The van der Waals surface area contributed by atoms with Gasteiger partial charge in [0.1, 0.15) is 5.82 Å². The highest BCUT2D eigenvalue weighted by Crippen LogP contribution is 2.19. The van der Waals surface area contributed by atoms with E-state index in [4.69, 9.17) is 0 Å². The van der Waals surface area contributed by atoms with Crippen molar-refractivity contribution in [1.82, 2.24) is 10.4 Å². The van der Waals surface area contributed by atoms with Gasteiger partial charge in [0, 0.05) is 23.5 Å². The van der Waals surface area contributed by atoms with E-state index < -0.39 is 0 Å². The van der Waals surface area contributed by atoms with Gasteiger partial charge in [-0.25, -0.2) is 9.82 Å². The molecule has 0 bridgehead atoms. The second kappa shape index (κ2) is 8.07. The van der Waals surface area contributed by atoms with Crippen molar-refractivity contribution in [3.8, 4) is 0 Å². The van der Waals surface area contributed by atoms with Crippen LogP contribution >= 0.6 is 15.9 Å². The summed E-state index contributed by atoms with van der Waals surface area (Å²) >= 11 is 3.11. The zero-order chi connectivity index (χ0) is 17.6. The second-order valence-electron chi connectivity index (χ2n) is 5.68. The van der Waals surface area contributed by atoms with E-state index in [0.717, 1.165) is 18.4 Å². The van der Waals surface area contributed by atoms with Crippen LogP contribution in [0.15, 0.2) is 58.2 Å². The highest BCUT2D eigenvalue weighted by Gasteiger charge is 2.05. The molecule has 25 heavy (non-hydrogen) atoms. The number of hydrazone groups is 1. The zero-order valence-electron chi connectivity index (χ0n) is 13.4. The van der Waals surface area contributed by atoms with Crippen molar-refractivity contribution in [3.63, 3.8) is 0 Å². The summed E-state index contributed by atoms with van der Waals surface area (Å²) in [6, 6.07) is 12.6. The quantitative estimate of drug-likeness (QED) is 0.462. The van der Waals surface area contributed by atoms with Crippen LogP contribution in [0.3, 0.4) is 0 Å². The standard InChI is InChI=1S/C19H17BrFN3O/c20-16-10-13(8-9-17(16)21)11-23-24-19(25)7-3-4-14-12-22-18-6-2-1-5-15(14)18/h1-2,5-6,8-12,22H,3-4,7H2,(H,24,25)/b23-11-. The molecule has 1 heterocycles. The fourth-order valence-electron chi connectivity index (χ4n) is 2.61. The van der Waals surface area contributed by atoms with Gasteiger partial charge in [-0.2, -0.15) is 5.10 Å². The third kappa shape index (κ3) is 4.54. The molecule has 0 fully saturated rings. The maximum Gasteiger partial charge on any atom is 0.240 e. The van der Waals surface area contributed by atoms with Crippen LogP contribution in [-0.2, 0) is 11.2 Å². The number of hydrogen-bond donors (Lipinski definition) is 2. The summed E-state index contributed by atoms with van der Waals surface area (Å²) in [6.07, 6.45) is 5.44. The first kappa shape index (κ1) is 17.4. The minimum Gasteiger partial charge on any atom is -0.361 e.